The Hall–Kier alpha value is -3.21. The van der Waals surface area contributed by atoms with Crippen molar-refractivity contribution in [3.05, 3.63) is 71.3 Å². The van der Waals surface area contributed by atoms with Gasteiger partial charge in [-0.3, -0.25) is 9.59 Å². The third-order valence-electron chi connectivity index (χ3n) is 3.14. The highest BCUT2D eigenvalue weighted by molar-refractivity contribution is 6.49. The van der Waals surface area contributed by atoms with Gasteiger partial charge in [0.25, 0.3) is 0 Å². The van der Waals surface area contributed by atoms with E-state index in [0.717, 1.165) is 0 Å². The third kappa shape index (κ3) is 3.91. The molecule has 0 spiro atoms. The number of ketones is 2. The van der Waals surface area contributed by atoms with E-state index < -0.39 is 23.1 Å². The van der Waals surface area contributed by atoms with Gasteiger partial charge in [0.05, 0.1) is 12.7 Å². The molecule has 0 saturated carbocycles. The highest BCUT2D eigenvalue weighted by Gasteiger charge is 2.20. The topological polar surface area (TPSA) is 83.5 Å². The Labute approximate surface area is 132 Å². The van der Waals surface area contributed by atoms with Gasteiger partial charge in [-0.05, 0) is 35.9 Å². The lowest BCUT2D eigenvalue weighted by Crippen LogP contribution is -2.34. The normalized spacial score (nSPS) is 10.9. The van der Waals surface area contributed by atoms with E-state index in [4.69, 9.17) is 4.74 Å². The number of aliphatic carboxylic acids is 1. The van der Waals surface area contributed by atoms with Gasteiger partial charge in [0.1, 0.15) is 11.7 Å². The average molecular weight is 309 g/mol. The second-order valence-corrected chi connectivity index (χ2v) is 4.64. The second kappa shape index (κ2) is 7.17. The molecule has 0 unspecified atom stereocenters. The van der Waals surface area contributed by atoms with Crippen molar-refractivity contribution in [3.63, 3.8) is 0 Å². The van der Waals surface area contributed by atoms with Crippen LogP contribution in [0.25, 0.3) is 6.08 Å². The second-order valence-electron chi connectivity index (χ2n) is 4.64. The summed E-state index contributed by atoms with van der Waals surface area (Å²) in [6, 6.07) is 14.5. The molecule has 0 aromatic heterocycles. The maximum atomic E-state index is 12.5. The van der Waals surface area contributed by atoms with E-state index in [2.05, 4.69) is 0 Å². The van der Waals surface area contributed by atoms with Crippen molar-refractivity contribution in [2.24, 2.45) is 0 Å². The molecular weight excluding hydrogens is 296 g/mol. The van der Waals surface area contributed by atoms with Crippen LogP contribution in [0.1, 0.15) is 15.9 Å². The summed E-state index contributed by atoms with van der Waals surface area (Å²) < 4.78 is 4.99. The van der Waals surface area contributed by atoms with Crippen LogP contribution < -0.4 is 9.84 Å². The Morgan fingerprint density at radius 1 is 0.957 bits per heavy atom. The van der Waals surface area contributed by atoms with Crippen LogP contribution in [0, 0.1) is 0 Å². The van der Waals surface area contributed by atoms with Crippen LogP contribution in [0.3, 0.4) is 0 Å². The van der Waals surface area contributed by atoms with E-state index in [1.54, 1.807) is 42.5 Å². The molecule has 0 amide bonds. The molecule has 0 N–H and O–H groups in total. The summed E-state index contributed by atoms with van der Waals surface area (Å²) in [5.74, 6) is -3.42. The molecule has 0 saturated heterocycles. The first-order valence-corrected chi connectivity index (χ1v) is 6.74. The Bertz CT molecular complexity index is 758. The molecule has 0 aliphatic heterocycles. The molecular formula is C18H13O5-. The number of Topliss-reactive ketones (excluding diaryl/α,β-unsaturated/α-hetero) is 2. The first kappa shape index (κ1) is 16.2. The van der Waals surface area contributed by atoms with Crippen LogP contribution in [0.4, 0.5) is 0 Å². The highest BCUT2D eigenvalue weighted by atomic mass is 16.5. The van der Waals surface area contributed by atoms with Crippen molar-refractivity contribution in [2.45, 2.75) is 0 Å². The number of hydrogen-bond donors (Lipinski definition) is 0. The number of benzene rings is 2. The first-order chi connectivity index (χ1) is 11.0. The van der Waals surface area contributed by atoms with Gasteiger partial charge in [-0.25, -0.2) is 0 Å². The fourth-order valence-electron chi connectivity index (χ4n) is 1.96. The number of carbonyl (C=O) groups excluding carboxylic acids is 3. The summed E-state index contributed by atoms with van der Waals surface area (Å²) in [6.07, 6.45) is 1.24. The monoisotopic (exact) mass is 309 g/mol. The van der Waals surface area contributed by atoms with Gasteiger partial charge >= 0.3 is 0 Å². The summed E-state index contributed by atoms with van der Waals surface area (Å²) in [5.41, 5.74) is 0.267. The Kier molecular flexibility index (Phi) is 5.04. The number of carbonyl (C=O) groups is 3. The number of carboxylic acids is 1. The molecule has 5 heteroatoms. The number of methoxy groups -OCH3 is 1. The number of carboxylic acid groups (broad SMARTS) is 1. The molecule has 0 atom stereocenters. The van der Waals surface area contributed by atoms with E-state index in [0.29, 0.717) is 11.3 Å². The standard InChI is InChI=1S/C18H14O5/c1-23-14-9-7-13(8-10-14)16(19)15(17(20)18(21)22)11-12-5-3-2-4-6-12/h2-11H,1H3,(H,21,22)/p-1/b15-11+. The van der Waals surface area contributed by atoms with Gasteiger partial charge in [0.2, 0.25) is 5.78 Å². The van der Waals surface area contributed by atoms with Gasteiger partial charge in [-0.1, -0.05) is 30.3 Å². The first-order valence-electron chi connectivity index (χ1n) is 6.74. The van der Waals surface area contributed by atoms with Crippen molar-refractivity contribution in [1.29, 1.82) is 0 Å². The molecule has 5 nitrogen and oxygen atoms in total. The molecule has 0 bridgehead atoms. The van der Waals surface area contributed by atoms with Gasteiger partial charge in [-0.2, -0.15) is 0 Å². The molecule has 0 fully saturated rings. The van der Waals surface area contributed by atoms with Crippen LogP contribution in [0.5, 0.6) is 5.75 Å². The Balaban J connectivity index is 2.44. The molecule has 2 rings (SSSR count). The van der Waals surface area contributed by atoms with E-state index >= 15 is 0 Å². The lowest BCUT2D eigenvalue weighted by atomic mass is 9.97. The van der Waals surface area contributed by atoms with Crippen LogP contribution in [-0.2, 0) is 9.59 Å². The number of hydrogen-bond acceptors (Lipinski definition) is 5. The molecule has 0 aliphatic rings. The van der Waals surface area contributed by atoms with Crippen LogP contribution in [0.2, 0.25) is 0 Å². The maximum absolute atomic E-state index is 12.5. The van der Waals surface area contributed by atoms with Crippen LogP contribution in [0.15, 0.2) is 60.2 Å². The summed E-state index contributed by atoms with van der Waals surface area (Å²) >= 11 is 0. The van der Waals surface area contributed by atoms with Crippen molar-refractivity contribution in [3.8, 4) is 5.75 Å². The largest absolute Gasteiger partial charge is 0.541 e. The van der Waals surface area contributed by atoms with Gasteiger partial charge in [0, 0.05) is 5.56 Å². The van der Waals surface area contributed by atoms with Gasteiger partial charge in [-0.15, -0.1) is 0 Å². The number of rotatable bonds is 6. The van der Waals surface area contributed by atoms with Crippen molar-refractivity contribution in [1.82, 2.24) is 0 Å². The van der Waals surface area contributed by atoms with Crippen molar-refractivity contribution >= 4 is 23.6 Å². The summed E-state index contributed by atoms with van der Waals surface area (Å²) in [5, 5.41) is 10.9. The predicted molar refractivity (Wildman–Crippen MR) is 81.8 cm³/mol. The smallest absolute Gasteiger partial charge is 0.212 e. The van der Waals surface area contributed by atoms with Crippen LogP contribution in [-0.4, -0.2) is 24.6 Å². The third-order valence-corrected chi connectivity index (χ3v) is 3.14. The molecule has 0 heterocycles. The molecule has 2 aromatic carbocycles. The lowest BCUT2D eigenvalue weighted by molar-refractivity contribution is -0.299. The zero-order valence-electron chi connectivity index (χ0n) is 12.3. The quantitative estimate of drug-likeness (QED) is 0.264. The molecule has 0 radical (unpaired) electrons. The SMILES string of the molecule is COc1ccc(C(=O)/C(=C\c2ccccc2)C(=O)C(=O)[O-])cc1. The Morgan fingerprint density at radius 3 is 2.09 bits per heavy atom. The minimum atomic E-state index is -1.92. The molecule has 2 aromatic rings. The minimum absolute atomic E-state index is 0.183. The summed E-state index contributed by atoms with van der Waals surface area (Å²) in [4.78, 5) is 35.2. The van der Waals surface area contributed by atoms with Gasteiger partial charge in [0.15, 0.2) is 5.78 Å². The van der Waals surface area contributed by atoms with Crippen molar-refractivity contribution < 1.29 is 24.2 Å². The zero-order valence-corrected chi connectivity index (χ0v) is 12.3. The summed E-state index contributed by atoms with van der Waals surface area (Å²) in [6.45, 7) is 0. The fourth-order valence-corrected chi connectivity index (χ4v) is 1.96. The van der Waals surface area contributed by atoms with E-state index in [1.807, 2.05) is 0 Å². The lowest BCUT2D eigenvalue weighted by Gasteiger charge is -2.08. The van der Waals surface area contributed by atoms with E-state index in [9.17, 15) is 19.5 Å². The molecule has 116 valence electrons. The zero-order chi connectivity index (χ0) is 16.8. The number of ether oxygens (including phenoxy) is 1. The van der Waals surface area contributed by atoms with E-state index in [-0.39, 0.29) is 5.56 Å². The maximum Gasteiger partial charge on any atom is 0.212 e. The summed E-state index contributed by atoms with van der Waals surface area (Å²) in [7, 11) is 1.48. The predicted octanol–water partition coefficient (Wildman–Crippen LogP) is 1.28. The average Bonchev–Trinajstić information content (AvgIpc) is 2.59. The van der Waals surface area contributed by atoms with E-state index in [1.165, 1.54) is 25.3 Å². The van der Waals surface area contributed by atoms with Gasteiger partial charge < -0.3 is 14.6 Å². The Morgan fingerprint density at radius 2 is 1.57 bits per heavy atom. The molecule has 23 heavy (non-hydrogen) atoms. The highest BCUT2D eigenvalue weighted by Crippen LogP contribution is 2.17. The fraction of sp³-hybridized carbons (Fsp3) is 0.0556. The minimum Gasteiger partial charge on any atom is -0.541 e. The van der Waals surface area contributed by atoms with Crippen LogP contribution >= 0.6 is 0 Å². The molecule has 0 aliphatic carbocycles. The van der Waals surface area contributed by atoms with Crippen molar-refractivity contribution in [2.75, 3.05) is 7.11 Å².